The number of hydrogen-bond acceptors (Lipinski definition) is 7. The third-order valence-electron chi connectivity index (χ3n) is 3.29. The van der Waals surface area contributed by atoms with Crippen LogP contribution in [0, 0.1) is 0 Å². The number of nitrogens with two attached hydrogens (primary N) is 1. The number of primary amides is 1. The van der Waals surface area contributed by atoms with E-state index >= 15 is 0 Å². The molecule has 0 radical (unpaired) electrons. The minimum Gasteiger partial charge on any atom is -0.466 e. The summed E-state index contributed by atoms with van der Waals surface area (Å²) in [4.78, 5) is 48.1. The third kappa shape index (κ3) is 5.76. The number of ether oxygens (including phenoxy) is 3. The molecule has 1 aromatic rings. The first kappa shape index (κ1) is 20.9. The molecule has 0 fully saturated rings. The van der Waals surface area contributed by atoms with E-state index in [0.717, 1.165) is 0 Å². The predicted molar refractivity (Wildman–Crippen MR) is 89.6 cm³/mol. The van der Waals surface area contributed by atoms with Crippen LogP contribution in [0.5, 0.6) is 0 Å². The van der Waals surface area contributed by atoms with Crippen LogP contribution in [0.1, 0.15) is 25.8 Å². The van der Waals surface area contributed by atoms with Gasteiger partial charge in [-0.2, -0.15) is 0 Å². The van der Waals surface area contributed by atoms with Crippen molar-refractivity contribution in [3.8, 4) is 0 Å². The summed E-state index contributed by atoms with van der Waals surface area (Å²) in [6.07, 6.45) is -1.92. The van der Waals surface area contributed by atoms with Gasteiger partial charge in [0.2, 0.25) is 5.54 Å². The standard InChI is InChI=1S/C17H22N2O7/c1-3-24-13(20)10-17(14(18)21,15(22)25-4-2)19-16(23)26-11-12-8-6-5-7-9-12/h5-9H,3-4,10-11H2,1-2H3,(H2,18,21)(H,19,23). The highest BCUT2D eigenvalue weighted by atomic mass is 16.6. The van der Waals surface area contributed by atoms with Crippen molar-refractivity contribution in [1.82, 2.24) is 5.32 Å². The minimum atomic E-state index is -2.42. The minimum absolute atomic E-state index is 0.0228. The summed E-state index contributed by atoms with van der Waals surface area (Å²) in [7, 11) is 0. The monoisotopic (exact) mass is 366 g/mol. The Hall–Kier alpha value is -3.10. The first-order valence-electron chi connectivity index (χ1n) is 7.97. The van der Waals surface area contributed by atoms with Gasteiger partial charge in [-0.05, 0) is 19.4 Å². The van der Waals surface area contributed by atoms with Crippen LogP contribution in [-0.2, 0) is 35.2 Å². The van der Waals surface area contributed by atoms with Gasteiger partial charge >= 0.3 is 18.0 Å². The molecule has 0 aromatic heterocycles. The Morgan fingerprint density at radius 1 is 1.00 bits per heavy atom. The van der Waals surface area contributed by atoms with Crippen molar-refractivity contribution < 1.29 is 33.4 Å². The second-order valence-corrected chi connectivity index (χ2v) is 5.16. The lowest BCUT2D eigenvalue weighted by Gasteiger charge is -2.27. The van der Waals surface area contributed by atoms with Gasteiger partial charge in [0.15, 0.2) is 0 Å². The lowest BCUT2D eigenvalue weighted by molar-refractivity contribution is -0.161. The van der Waals surface area contributed by atoms with E-state index in [-0.39, 0.29) is 19.8 Å². The van der Waals surface area contributed by atoms with Gasteiger partial charge in [0.25, 0.3) is 5.91 Å². The van der Waals surface area contributed by atoms with E-state index in [1.165, 1.54) is 6.92 Å². The first-order valence-corrected chi connectivity index (χ1v) is 7.97. The van der Waals surface area contributed by atoms with E-state index in [1.807, 2.05) is 0 Å². The summed E-state index contributed by atoms with van der Waals surface area (Å²) in [5, 5.41) is 2.06. The molecule has 1 unspecified atom stereocenters. The highest BCUT2D eigenvalue weighted by Gasteiger charge is 2.50. The Morgan fingerprint density at radius 3 is 2.15 bits per heavy atom. The molecule has 0 saturated heterocycles. The molecule has 0 spiro atoms. The fourth-order valence-electron chi connectivity index (χ4n) is 2.03. The Balaban J connectivity index is 2.94. The maximum absolute atomic E-state index is 12.3. The number of carbonyl (C=O) groups is 4. The van der Waals surface area contributed by atoms with Crippen molar-refractivity contribution >= 4 is 23.9 Å². The quantitative estimate of drug-likeness (QED) is 0.372. The SMILES string of the molecule is CCOC(=O)CC(NC(=O)OCc1ccccc1)(C(N)=O)C(=O)OCC. The summed E-state index contributed by atoms with van der Waals surface area (Å²) in [5.41, 5.74) is 3.55. The number of hydrogen-bond donors (Lipinski definition) is 2. The van der Waals surface area contributed by atoms with Crippen molar-refractivity contribution in [2.45, 2.75) is 32.4 Å². The van der Waals surface area contributed by atoms with Crippen molar-refractivity contribution in [2.75, 3.05) is 13.2 Å². The van der Waals surface area contributed by atoms with Gasteiger partial charge in [0.05, 0.1) is 19.6 Å². The smallest absolute Gasteiger partial charge is 0.408 e. The van der Waals surface area contributed by atoms with Gasteiger partial charge in [0, 0.05) is 0 Å². The molecule has 26 heavy (non-hydrogen) atoms. The fourth-order valence-corrected chi connectivity index (χ4v) is 2.03. The average Bonchev–Trinajstić information content (AvgIpc) is 2.60. The number of alkyl carbamates (subject to hydrolysis) is 1. The van der Waals surface area contributed by atoms with Crippen LogP contribution in [0.15, 0.2) is 30.3 Å². The van der Waals surface area contributed by atoms with Gasteiger partial charge in [0.1, 0.15) is 6.61 Å². The van der Waals surface area contributed by atoms with Crippen LogP contribution in [-0.4, -0.2) is 42.7 Å². The first-order chi connectivity index (χ1) is 12.4. The largest absolute Gasteiger partial charge is 0.466 e. The molecule has 0 saturated carbocycles. The average molecular weight is 366 g/mol. The highest BCUT2D eigenvalue weighted by Crippen LogP contribution is 2.15. The Morgan fingerprint density at radius 2 is 1.62 bits per heavy atom. The van der Waals surface area contributed by atoms with Crippen LogP contribution >= 0.6 is 0 Å². The molecule has 1 rings (SSSR count). The van der Waals surface area contributed by atoms with E-state index in [4.69, 9.17) is 19.9 Å². The molecule has 1 aromatic carbocycles. The topological polar surface area (TPSA) is 134 Å². The summed E-state index contributed by atoms with van der Waals surface area (Å²) < 4.78 is 14.5. The van der Waals surface area contributed by atoms with Crippen molar-refractivity contribution in [2.24, 2.45) is 5.73 Å². The van der Waals surface area contributed by atoms with Crippen LogP contribution in [0.3, 0.4) is 0 Å². The van der Waals surface area contributed by atoms with E-state index < -0.39 is 35.9 Å². The van der Waals surface area contributed by atoms with Gasteiger partial charge in [-0.15, -0.1) is 0 Å². The summed E-state index contributed by atoms with van der Waals surface area (Å²) in [6, 6.07) is 8.74. The Labute approximate surface area is 150 Å². The molecule has 142 valence electrons. The Bertz CT molecular complexity index is 648. The zero-order valence-electron chi connectivity index (χ0n) is 14.7. The zero-order valence-corrected chi connectivity index (χ0v) is 14.7. The number of amides is 2. The number of rotatable bonds is 9. The molecular formula is C17H22N2O7. The number of nitrogens with one attached hydrogen (secondary N) is 1. The molecule has 0 heterocycles. The molecule has 0 aliphatic heterocycles. The second-order valence-electron chi connectivity index (χ2n) is 5.16. The molecule has 2 amide bonds. The third-order valence-corrected chi connectivity index (χ3v) is 3.29. The van der Waals surface area contributed by atoms with Crippen molar-refractivity contribution in [3.63, 3.8) is 0 Å². The fraction of sp³-hybridized carbons (Fsp3) is 0.412. The van der Waals surface area contributed by atoms with Crippen LogP contribution in [0.25, 0.3) is 0 Å². The summed E-state index contributed by atoms with van der Waals surface area (Å²) in [5.74, 6) is -3.33. The molecule has 3 N–H and O–H groups in total. The molecule has 9 heteroatoms. The van der Waals surface area contributed by atoms with Crippen LogP contribution in [0.2, 0.25) is 0 Å². The van der Waals surface area contributed by atoms with Gasteiger partial charge in [-0.25, -0.2) is 9.59 Å². The number of carbonyl (C=O) groups excluding carboxylic acids is 4. The van der Waals surface area contributed by atoms with Gasteiger partial charge < -0.3 is 19.9 Å². The van der Waals surface area contributed by atoms with Crippen LogP contribution < -0.4 is 11.1 Å². The summed E-state index contributed by atoms with van der Waals surface area (Å²) >= 11 is 0. The molecule has 0 aliphatic carbocycles. The number of benzene rings is 1. The highest BCUT2D eigenvalue weighted by molar-refractivity contribution is 6.11. The van der Waals surface area contributed by atoms with E-state index in [0.29, 0.717) is 5.56 Å². The number of esters is 2. The van der Waals surface area contributed by atoms with E-state index in [2.05, 4.69) is 5.32 Å². The maximum atomic E-state index is 12.3. The molecular weight excluding hydrogens is 344 g/mol. The molecule has 0 aliphatic rings. The van der Waals surface area contributed by atoms with Gasteiger partial charge in [-0.3, -0.25) is 14.9 Å². The van der Waals surface area contributed by atoms with E-state index in [9.17, 15) is 19.2 Å². The lowest BCUT2D eigenvalue weighted by Crippen LogP contribution is -2.64. The van der Waals surface area contributed by atoms with Crippen LogP contribution in [0.4, 0.5) is 4.79 Å². The lowest BCUT2D eigenvalue weighted by atomic mass is 9.94. The maximum Gasteiger partial charge on any atom is 0.408 e. The zero-order chi connectivity index (χ0) is 19.6. The summed E-state index contributed by atoms with van der Waals surface area (Å²) in [6.45, 7) is 2.88. The Kier molecular flexibility index (Phi) is 8.07. The molecule has 0 bridgehead atoms. The van der Waals surface area contributed by atoms with Crippen molar-refractivity contribution in [1.29, 1.82) is 0 Å². The normalized spacial score (nSPS) is 12.4. The second kappa shape index (κ2) is 10.0. The molecule has 1 atom stereocenters. The van der Waals surface area contributed by atoms with Gasteiger partial charge in [-0.1, -0.05) is 30.3 Å². The predicted octanol–water partition coefficient (Wildman–Crippen LogP) is 0.653. The molecule has 9 nitrogen and oxygen atoms in total. The van der Waals surface area contributed by atoms with E-state index in [1.54, 1.807) is 37.3 Å². The van der Waals surface area contributed by atoms with Crippen molar-refractivity contribution in [3.05, 3.63) is 35.9 Å².